The molecule has 1 heterocycles. The monoisotopic (exact) mass is 234 g/mol. The van der Waals surface area contributed by atoms with Gasteiger partial charge in [-0.1, -0.05) is 13.0 Å². The van der Waals surface area contributed by atoms with E-state index in [4.69, 9.17) is 4.74 Å². The zero-order chi connectivity index (χ0) is 12.2. The molecule has 1 aliphatic heterocycles. The number of allylic oxidation sites excluding steroid dienone is 2. The summed E-state index contributed by atoms with van der Waals surface area (Å²) >= 11 is 0. The Morgan fingerprint density at radius 1 is 1.35 bits per heavy atom. The van der Waals surface area contributed by atoms with Gasteiger partial charge in [-0.2, -0.15) is 0 Å². The van der Waals surface area contributed by atoms with E-state index in [9.17, 15) is 9.59 Å². The predicted octanol–water partition coefficient (Wildman–Crippen LogP) is 2.11. The molecule has 3 rings (SSSR count). The highest BCUT2D eigenvalue weighted by atomic mass is 16.6. The Bertz CT molecular complexity index is 412. The van der Waals surface area contributed by atoms with Crippen LogP contribution in [-0.2, 0) is 14.3 Å². The number of hydrogen-bond acceptors (Lipinski definition) is 3. The van der Waals surface area contributed by atoms with Crippen LogP contribution >= 0.6 is 0 Å². The lowest BCUT2D eigenvalue weighted by Crippen LogP contribution is -2.44. The molecule has 2 aliphatic carbocycles. The number of hydrogen-bond donors (Lipinski definition) is 0. The van der Waals surface area contributed by atoms with E-state index < -0.39 is 5.41 Å². The standard InChI is InChI=1S/C14H18O3/c1-8-3-4-9-7-12(16)17-13(9)14(2)10(8)5-6-11(14)15/h5-6,8-10,13H,3-4,7H2,1-2H3/t8-,9-,10+,13+,14-/m0/s1. The molecule has 0 aromatic heterocycles. The number of carbonyl (C=O) groups excluding carboxylic acids is 2. The summed E-state index contributed by atoms with van der Waals surface area (Å²) in [5.41, 5.74) is -0.507. The first kappa shape index (κ1) is 11.0. The molecule has 3 nitrogen and oxygen atoms in total. The molecular formula is C14H18O3. The van der Waals surface area contributed by atoms with Crippen molar-refractivity contribution in [2.24, 2.45) is 23.2 Å². The van der Waals surface area contributed by atoms with Crippen molar-refractivity contribution >= 4 is 11.8 Å². The van der Waals surface area contributed by atoms with Gasteiger partial charge in [0.05, 0.1) is 11.8 Å². The third-order valence-corrected chi connectivity index (χ3v) is 4.99. The van der Waals surface area contributed by atoms with Crippen molar-refractivity contribution in [1.29, 1.82) is 0 Å². The van der Waals surface area contributed by atoms with Crippen molar-refractivity contribution in [1.82, 2.24) is 0 Å². The lowest BCUT2D eigenvalue weighted by molar-refractivity contribution is -0.151. The summed E-state index contributed by atoms with van der Waals surface area (Å²) in [6, 6.07) is 0. The van der Waals surface area contributed by atoms with E-state index in [0.717, 1.165) is 12.8 Å². The largest absolute Gasteiger partial charge is 0.461 e. The maximum atomic E-state index is 12.2. The second-order valence-electron chi connectivity index (χ2n) is 5.96. The molecule has 0 spiro atoms. The highest BCUT2D eigenvalue weighted by Crippen LogP contribution is 2.53. The Labute approximate surface area is 101 Å². The second-order valence-corrected chi connectivity index (χ2v) is 5.96. The van der Waals surface area contributed by atoms with Gasteiger partial charge in [-0.15, -0.1) is 0 Å². The number of carbonyl (C=O) groups is 2. The normalized spacial score (nSPS) is 48.6. The van der Waals surface area contributed by atoms with Crippen molar-refractivity contribution in [3.8, 4) is 0 Å². The van der Waals surface area contributed by atoms with Crippen molar-refractivity contribution in [3.05, 3.63) is 12.2 Å². The summed E-state index contributed by atoms with van der Waals surface area (Å²) in [5, 5.41) is 0. The molecule has 0 aromatic carbocycles. The van der Waals surface area contributed by atoms with E-state index in [1.54, 1.807) is 6.08 Å². The van der Waals surface area contributed by atoms with Crippen LogP contribution in [0.4, 0.5) is 0 Å². The van der Waals surface area contributed by atoms with Gasteiger partial charge < -0.3 is 4.74 Å². The van der Waals surface area contributed by atoms with Gasteiger partial charge in [0.1, 0.15) is 6.10 Å². The van der Waals surface area contributed by atoms with Crippen molar-refractivity contribution in [2.45, 2.75) is 39.2 Å². The summed E-state index contributed by atoms with van der Waals surface area (Å²) < 4.78 is 5.48. The Hall–Kier alpha value is -1.12. The summed E-state index contributed by atoms with van der Waals surface area (Å²) in [6.45, 7) is 4.19. The number of esters is 1. The number of ether oxygens (including phenoxy) is 1. The lowest BCUT2D eigenvalue weighted by Gasteiger charge is -2.36. The molecule has 5 atom stereocenters. The maximum absolute atomic E-state index is 12.2. The minimum atomic E-state index is -0.507. The molecule has 92 valence electrons. The molecule has 1 saturated carbocycles. The summed E-state index contributed by atoms with van der Waals surface area (Å²) in [7, 11) is 0. The van der Waals surface area contributed by atoms with Gasteiger partial charge in [-0.05, 0) is 37.7 Å². The van der Waals surface area contributed by atoms with E-state index in [1.165, 1.54) is 0 Å². The van der Waals surface area contributed by atoms with Crippen molar-refractivity contribution in [2.75, 3.05) is 0 Å². The average Bonchev–Trinajstić information content (AvgIpc) is 2.77. The first-order valence-corrected chi connectivity index (χ1v) is 6.45. The van der Waals surface area contributed by atoms with E-state index in [-0.39, 0.29) is 29.7 Å². The van der Waals surface area contributed by atoms with E-state index in [1.807, 2.05) is 13.0 Å². The van der Waals surface area contributed by atoms with Gasteiger partial charge >= 0.3 is 5.97 Å². The molecule has 0 N–H and O–H groups in total. The zero-order valence-corrected chi connectivity index (χ0v) is 10.3. The fraction of sp³-hybridized carbons (Fsp3) is 0.714. The molecule has 1 saturated heterocycles. The van der Waals surface area contributed by atoms with Crippen LogP contribution in [0.2, 0.25) is 0 Å². The first-order valence-electron chi connectivity index (χ1n) is 6.45. The Kier molecular flexibility index (Phi) is 2.22. The molecule has 3 aliphatic rings. The maximum Gasteiger partial charge on any atom is 0.306 e. The van der Waals surface area contributed by atoms with Gasteiger partial charge in [-0.3, -0.25) is 9.59 Å². The molecule has 17 heavy (non-hydrogen) atoms. The van der Waals surface area contributed by atoms with Crippen LogP contribution < -0.4 is 0 Å². The van der Waals surface area contributed by atoms with Gasteiger partial charge in [0, 0.05) is 5.92 Å². The van der Waals surface area contributed by atoms with Crippen LogP contribution in [0.3, 0.4) is 0 Å². The zero-order valence-electron chi connectivity index (χ0n) is 10.3. The fourth-order valence-corrected chi connectivity index (χ4v) is 3.97. The first-order chi connectivity index (χ1) is 8.03. The predicted molar refractivity (Wildman–Crippen MR) is 62.1 cm³/mol. The lowest BCUT2D eigenvalue weighted by atomic mass is 9.68. The van der Waals surface area contributed by atoms with Crippen LogP contribution in [0.5, 0.6) is 0 Å². The van der Waals surface area contributed by atoms with E-state index in [0.29, 0.717) is 12.3 Å². The van der Waals surface area contributed by atoms with E-state index in [2.05, 4.69) is 6.92 Å². The molecule has 0 unspecified atom stereocenters. The van der Waals surface area contributed by atoms with Gasteiger partial charge in [0.15, 0.2) is 5.78 Å². The summed E-state index contributed by atoms with van der Waals surface area (Å²) in [5.74, 6) is 0.974. The molecular weight excluding hydrogens is 216 g/mol. The van der Waals surface area contributed by atoms with Crippen LogP contribution in [0.15, 0.2) is 12.2 Å². The van der Waals surface area contributed by atoms with Crippen LogP contribution in [0.25, 0.3) is 0 Å². The van der Waals surface area contributed by atoms with Crippen molar-refractivity contribution in [3.63, 3.8) is 0 Å². The highest BCUT2D eigenvalue weighted by molar-refractivity contribution is 5.98. The SMILES string of the molecule is C[C@H]1CC[C@H]2CC(=O)O[C@H]2[C@]2(C)C(=O)C=C[C@H]12. The topological polar surface area (TPSA) is 43.4 Å². The molecule has 2 fully saturated rings. The van der Waals surface area contributed by atoms with Crippen molar-refractivity contribution < 1.29 is 14.3 Å². The summed E-state index contributed by atoms with van der Waals surface area (Å²) in [6.07, 6.45) is 6.09. The second kappa shape index (κ2) is 3.44. The Morgan fingerprint density at radius 3 is 2.88 bits per heavy atom. The minimum absolute atomic E-state index is 0.130. The van der Waals surface area contributed by atoms with Crippen LogP contribution in [-0.4, -0.2) is 17.9 Å². The molecule has 3 heteroatoms. The quantitative estimate of drug-likeness (QED) is 0.603. The summed E-state index contributed by atoms with van der Waals surface area (Å²) in [4.78, 5) is 23.7. The smallest absolute Gasteiger partial charge is 0.306 e. The van der Waals surface area contributed by atoms with Gasteiger partial charge in [0.25, 0.3) is 0 Å². The molecule has 0 bridgehead atoms. The van der Waals surface area contributed by atoms with Crippen LogP contribution in [0.1, 0.15) is 33.1 Å². The molecule has 0 amide bonds. The average molecular weight is 234 g/mol. The third-order valence-electron chi connectivity index (χ3n) is 4.99. The Balaban J connectivity index is 2.04. The molecule has 0 aromatic rings. The van der Waals surface area contributed by atoms with E-state index >= 15 is 0 Å². The highest BCUT2D eigenvalue weighted by Gasteiger charge is 2.58. The third kappa shape index (κ3) is 1.34. The number of rotatable bonds is 0. The fourth-order valence-electron chi connectivity index (χ4n) is 3.97. The van der Waals surface area contributed by atoms with Crippen LogP contribution in [0, 0.1) is 23.2 Å². The van der Waals surface area contributed by atoms with Gasteiger partial charge in [-0.25, -0.2) is 0 Å². The number of fused-ring (bicyclic) bond motifs is 3. The molecule has 0 radical (unpaired) electrons. The van der Waals surface area contributed by atoms with Gasteiger partial charge in [0.2, 0.25) is 0 Å². The number of ketones is 1. The minimum Gasteiger partial charge on any atom is -0.461 e. The Morgan fingerprint density at radius 2 is 2.12 bits per heavy atom.